The average Bonchev–Trinajstić information content (AvgIpc) is 2.93. The van der Waals surface area contributed by atoms with E-state index >= 15 is 0 Å². The number of carboxylic acids is 2. The van der Waals surface area contributed by atoms with Crippen LogP contribution in [0.3, 0.4) is 0 Å². The largest absolute Gasteiger partial charge is 0.513 e. The number of esters is 2. The highest BCUT2D eigenvalue weighted by atomic mass is 16.7. The van der Waals surface area contributed by atoms with E-state index in [9.17, 15) is 39.0 Å². The fraction of sp³-hybridized carbons (Fsp3) is 0.154. The van der Waals surface area contributed by atoms with Crippen molar-refractivity contribution in [2.75, 3.05) is 14.2 Å². The van der Waals surface area contributed by atoms with Gasteiger partial charge in [0.25, 0.3) is 0 Å². The molecule has 0 amide bonds. The molecule has 0 aliphatic heterocycles. The molecule has 0 bridgehead atoms. The Morgan fingerprint density at radius 1 is 0.600 bits per heavy atom. The second-order valence-electron chi connectivity index (χ2n) is 7.31. The van der Waals surface area contributed by atoms with Gasteiger partial charge in [-0.15, -0.1) is 0 Å². The maximum Gasteiger partial charge on any atom is 0.513 e. The molecule has 0 unspecified atom stereocenters. The van der Waals surface area contributed by atoms with Crippen molar-refractivity contribution in [2.24, 2.45) is 0 Å². The van der Waals surface area contributed by atoms with E-state index in [1.165, 1.54) is 60.7 Å². The van der Waals surface area contributed by atoms with Crippen LogP contribution in [0.5, 0.6) is 11.5 Å². The lowest BCUT2D eigenvalue weighted by Gasteiger charge is -2.19. The Hall–Kier alpha value is -5.66. The summed E-state index contributed by atoms with van der Waals surface area (Å²) in [5.74, 6) is -5.93. The van der Waals surface area contributed by atoms with Gasteiger partial charge in [0.1, 0.15) is 11.5 Å². The van der Waals surface area contributed by atoms with Crippen molar-refractivity contribution in [1.82, 2.24) is 0 Å². The van der Waals surface area contributed by atoms with Crippen LogP contribution in [0.15, 0.2) is 60.7 Å². The van der Waals surface area contributed by atoms with Crippen molar-refractivity contribution in [3.63, 3.8) is 0 Å². The molecule has 2 atom stereocenters. The van der Waals surface area contributed by atoms with Crippen LogP contribution < -0.4 is 9.47 Å². The van der Waals surface area contributed by atoms with Gasteiger partial charge in [0.05, 0.1) is 14.2 Å². The van der Waals surface area contributed by atoms with E-state index in [-0.39, 0.29) is 11.5 Å². The normalized spacial score (nSPS) is 12.2. The molecule has 0 fully saturated rings. The number of hydrogen-bond acceptors (Lipinski definition) is 12. The van der Waals surface area contributed by atoms with E-state index in [2.05, 4.69) is 9.47 Å². The van der Waals surface area contributed by atoms with Crippen molar-refractivity contribution in [1.29, 1.82) is 0 Å². The van der Waals surface area contributed by atoms with E-state index in [0.717, 1.165) is 26.4 Å². The number of carbonyl (C=O) groups excluding carboxylic acids is 4. The van der Waals surface area contributed by atoms with E-state index < -0.39 is 48.4 Å². The second kappa shape index (κ2) is 14.9. The minimum Gasteiger partial charge on any atom is -0.478 e. The number of rotatable bonds is 11. The zero-order chi connectivity index (χ0) is 29.7. The van der Waals surface area contributed by atoms with Crippen LogP contribution >= 0.6 is 0 Å². The van der Waals surface area contributed by atoms with E-state index in [4.69, 9.17) is 18.9 Å². The molecule has 2 aromatic carbocycles. The molecule has 14 nitrogen and oxygen atoms in total. The van der Waals surface area contributed by atoms with Gasteiger partial charge < -0.3 is 38.6 Å². The Morgan fingerprint density at radius 3 is 1.20 bits per heavy atom. The molecule has 0 spiro atoms. The first-order valence-electron chi connectivity index (χ1n) is 11.0. The third-order valence-corrected chi connectivity index (χ3v) is 4.57. The number of hydrogen-bond donors (Lipinski definition) is 2. The fourth-order valence-electron chi connectivity index (χ4n) is 2.71. The zero-order valence-electron chi connectivity index (χ0n) is 20.9. The highest BCUT2D eigenvalue weighted by Crippen LogP contribution is 2.16. The van der Waals surface area contributed by atoms with E-state index in [1.807, 2.05) is 0 Å². The molecule has 0 saturated heterocycles. The molecule has 14 heteroatoms. The average molecular weight is 558 g/mol. The minimum atomic E-state index is -2.38. The van der Waals surface area contributed by atoms with Gasteiger partial charge in [0, 0.05) is 12.2 Å². The van der Waals surface area contributed by atoms with E-state index in [0.29, 0.717) is 11.1 Å². The molecular weight excluding hydrogens is 536 g/mol. The van der Waals surface area contributed by atoms with Crippen molar-refractivity contribution >= 4 is 48.3 Å². The van der Waals surface area contributed by atoms with Gasteiger partial charge in [-0.2, -0.15) is 0 Å². The van der Waals surface area contributed by atoms with Crippen molar-refractivity contribution in [2.45, 2.75) is 12.2 Å². The third kappa shape index (κ3) is 10.0. The summed E-state index contributed by atoms with van der Waals surface area (Å²) < 4.78 is 27.8. The topological polar surface area (TPSA) is 198 Å². The lowest BCUT2D eigenvalue weighted by Crippen LogP contribution is -2.45. The van der Waals surface area contributed by atoms with Crippen molar-refractivity contribution in [3.8, 4) is 11.5 Å². The lowest BCUT2D eigenvalue weighted by molar-refractivity contribution is -0.183. The predicted molar refractivity (Wildman–Crippen MR) is 132 cm³/mol. The van der Waals surface area contributed by atoms with Crippen LogP contribution in [-0.2, 0) is 38.1 Å². The maximum atomic E-state index is 12.2. The molecule has 0 heterocycles. The Bertz CT molecular complexity index is 1190. The molecule has 210 valence electrons. The smallest absolute Gasteiger partial charge is 0.478 e. The Morgan fingerprint density at radius 2 is 0.925 bits per heavy atom. The summed E-state index contributed by atoms with van der Waals surface area (Å²) in [5.41, 5.74) is 0.828. The van der Waals surface area contributed by atoms with Crippen LogP contribution in [0.2, 0.25) is 0 Å². The first kappa shape index (κ1) is 30.6. The highest BCUT2D eigenvalue weighted by molar-refractivity contribution is 5.93. The molecule has 0 saturated carbocycles. The van der Waals surface area contributed by atoms with Gasteiger partial charge in [-0.1, -0.05) is 24.3 Å². The molecule has 2 aromatic rings. The maximum absolute atomic E-state index is 12.2. The lowest BCUT2D eigenvalue weighted by atomic mass is 10.2. The number of ether oxygens (including phenoxy) is 6. The van der Waals surface area contributed by atoms with Crippen LogP contribution in [-0.4, -0.2) is 72.8 Å². The summed E-state index contributed by atoms with van der Waals surface area (Å²) in [7, 11) is 2.27. The van der Waals surface area contributed by atoms with Crippen LogP contribution in [0.1, 0.15) is 11.1 Å². The van der Waals surface area contributed by atoms with Crippen LogP contribution in [0.25, 0.3) is 12.2 Å². The molecule has 2 rings (SSSR count). The van der Waals surface area contributed by atoms with Gasteiger partial charge in [0.2, 0.25) is 12.2 Å². The Balaban J connectivity index is 2.03. The fourth-order valence-corrected chi connectivity index (χ4v) is 2.71. The Kier molecular flexibility index (Phi) is 11.4. The first-order valence-corrected chi connectivity index (χ1v) is 11.0. The number of carbonyl (C=O) groups is 6. The number of carboxylic acid groups (broad SMARTS) is 2. The zero-order valence-corrected chi connectivity index (χ0v) is 20.9. The monoisotopic (exact) mass is 558 g/mol. The van der Waals surface area contributed by atoms with Crippen LogP contribution in [0.4, 0.5) is 9.59 Å². The number of aliphatic carboxylic acids is 2. The minimum absolute atomic E-state index is 0.155. The molecule has 0 aromatic heterocycles. The molecular formula is C26H22O14. The molecule has 40 heavy (non-hydrogen) atoms. The van der Waals surface area contributed by atoms with Crippen LogP contribution in [0, 0.1) is 0 Å². The highest BCUT2D eigenvalue weighted by Gasteiger charge is 2.40. The molecule has 2 N–H and O–H groups in total. The first-order chi connectivity index (χ1) is 19.0. The molecule has 0 radical (unpaired) electrons. The summed E-state index contributed by atoms with van der Waals surface area (Å²) in [6.07, 6.45) is -2.55. The Labute approximate surface area is 225 Å². The second-order valence-corrected chi connectivity index (χ2v) is 7.31. The van der Waals surface area contributed by atoms with Gasteiger partial charge in [-0.05, 0) is 47.5 Å². The molecule has 0 aliphatic rings. The quantitative estimate of drug-likeness (QED) is 0.176. The standard InChI is InChI=1S/C26H22O14/c1-35-25(33)37-17-9-3-15(4-10-17)7-13-19(27)39-21(23(29)30)22(24(31)32)40-20(28)14-8-16-5-11-18(12-6-16)38-26(34)36-2/h3-14,21-22H,1-2H3,(H,29,30)(H,31,32)/b13-7+,14-8+/t21-,22+. The van der Waals surface area contributed by atoms with Crippen molar-refractivity contribution in [3.05, 3.63) is 71.8 Å². The third-order valence-electron chi connectivity index (χ3n) is 4.57. The van der Waals surface area contributed by atoms with Crippen molar-refractivity contribution < 1.29 is 67.4 Å². The van der Waals surface area contributed by atoms with Gasteiger partial charge in [-0.3, -0.25) is 0 Å². The SMILES string of the molecule is COC(=O)Oc1ccc(/C=C/C(=O)O[C@H](C(=O)O)[C@@H](OC(=O)/C=C/c2ccc(OC(=O)OC)cc2)C(=O)O)cc1. The summed E-state index contributed by atoms with van der Waals surface area (Å²) in [6.45, 7) is 0. The van der Waals surface area contributed by atoms with Gasteiger partial charge in [0.15, 0.2) is 0 Å². The predicted octanol–water partition coefficient (Wildman–Crippen LogP) is 2.70. The molecule has 0 aliphatic carbocycles. The summed E-state index contributed by atoms with van der Waals surface area (Å²) in [5, 5.41) is 18.8. The number of methoxy groups -OCH3 is 2. The van der Waals surface area contributed by atoms with Gasteiger partial charge in [-0.25, -0.2) is 28.8 Å². The van der Waals surface area contributed by atoms with E-state index in [1.54, 1.807) is 0 Å². The summed E-state index contributed by atoms with van der Waals surface area (Å²) >= 11 is 0. The van der Waals surface area contributed by atoms with Gasteiger partial charge >= 0.3 is 36.2 Å². The number of benzene rings is 2. The summed E-state index contributed by atoms with van der Waals surface area (Å²) in [4.78, 5) is 69.8. The summed E-state index contributed by atoms with van der Waals surface area (Å²) in [6, 6.07) is 11.4.